The number of non-ortho nitro benzene ring substituents is 1. The molecule has 0 aliphatic carbocycles. The van der Waals surface area contributed by atoms with E-state index in [1.54, 1.807) is 18.2 Å². The van der Waals surface area contributed by atoms with Crippen LogP contribution in [0.1, 0.15) is 20.7 Å². The third-order valence-electron chi connectivity index (χ3n) is 4.10. The van der Waals surface area contributed by atoms with Crippen LogP contribution in [0.4, 0.5) is 11.4 Å². The van der Waals surface area contributed by atoms with Crippen molar-refractivity contribution in [3.8, 4) is 11.5 Å². The Hall–Kier alpha value is -3.95. The molecule has 3 rings (SSSR count). The lowest BCUT2D eigenvalue weighted by molar-refractivity contribution is -0.384. The lowest BCUT2D eigenvalue weighted by Crippen LogP contribution is -2.37. The molecular formula is C18H15N3O7. The highest BCUT2D eigenvalue weighted by Crippen LogP contribution is 2.28. The number of nitrogens with zero attached hydrogens (tertiary/aromatic N) is 2. The topological polar surface area (TPSA) is 128 Å². The molecule has 0 aromatic heterocycles. The highest BCUT2D eigenvalue weighted by Gasteiger charge is 2.37. The van der Waals surface area contributed by atoms with Gasteiger partial charge in [-0.25, -0.2) is 0 Å². The molecule has 0 bridgehead atoms. The standard InChI is InChI=1S/C18H15N3O7/c1-27-12-5-10(6-13(8-12)28-2)19-16(22)9-20-17(23)14-4-3-11(21(25)26)7-15(14)18(20)24/h3-8H,9H2,1-2H3,(H,19,22). The predicted octanol–water partition coefficient (Wildman–Crippen LogP) is 1.85. The van der Waals surface area contributed by atoms with Crippen molar-refractivity contribution >= 4 is 29.1 Å². The number of methoxy groups -OCH3 is 2. The van der Waals surface area contributed by atoms with Crippen LogP contribution in [-0.2, 0) is 4.79 Å². The molecule has 0 unspecified atom stereocenters. The van der Waals surface area contributed by atoms with Gasteiger partial charge in [-0.2, -0.15) is 0 Å². The van der Waals surface area contributed by atoms with Gasteiger partial charge in [0, 0.05) is 36.0 Å². The van der Waals surface area contributed by atoms with Gasteiger partial charge in [-0.15, -0.1) is 0 Å². The lowest BCUT2D eigenvalue weighted by Gasteiger charge is -2.14. The van der Waals surface area contributed by atoms with Crippen molar-refractivity contribution < 1.29 is 28.8 Å². The van der Waals surface area contributed by atoms with Gasteiger partial charge in [-0.1, -0.05) is 0 Å². The van der Waals surface area contributed by atoms with E-state index in [1.807, 2.05) is 0 Å². The summed E-state index contributed by atoms with van der Waals surface area (Å²) in [5.41, 5.74) is -0.0374. The van der Waals surface area contributed by atoms with E-state index in [0.29, 0.717) is 17.2 Å². The monoisotopic (exact) mass is 385 g/mol. The summed E-state index contributed by atoms with van der Waals surface area (Å²) in [7, 11) is 2.91. The second-order valence-corrected chi connectivity index (χ2v) is 5.83. The van der Waals surface area contributed by atoms with Gasteiger partial charge in [0.1, 0.15) is 18.0 Å². The number of hydrogen-bond acceptors (Lipinski definition) is 7. The minimum absolute atomic E-state index is 0.0199. The van der Waals surface area contributed by atoms with E-state index in [-0.39, 0.29) is 16.8 Å². The summed E-state index contributed by atoms with van der Waals surface area (Å²) < 4.78 is 10.2. The summed E-state index contributed by atoms with van der Waals surface area (Å²) in [6.45, 7) is -0.542. The van der Waals surface area contributed by atoms with Gasteiger partial charge in [0.05, 0.1) is 30.3 Å². The number of nitrogens with one attached hydrogen (secondary N) is 1. The van der Waals surface area contributed by atoms with E-state index in [0.717, 1.165) is 17.0 Å². The quantitative estimate of drug-likeness (QED) is 0.456. The van der Waals surface area contributed by atoms with Gasteiger partial charge in [0.15, 0.2) is 0 Å². The van der Waals surface area contributed by atoms with Crippen LogP contribution in [0, 0.1) is 10.1 Å². The van der Waals surface area contributed by atoms with Gasteiger partial charge >= 0.3 is 0 Å². The number of imide groups is 1. The molecular weight excluding hydrogens is 370 g/mol. The Bertz CT molecular complexity index is 980. The Morgan fingerprint density at radius 2 is 1.64 bits per heavy atom. The summed E-state index contributed by atoms with van der Waals surface area (Å²) in [5.74, 6) is -1.18. The maximum absolute atomic E-state index is 12.4. The molecule has 3 amide bonds. The number of anilines is 1. The largest absolute Gasteiger partial charge is 0.497 e. The van der Waals surface area contributed by atoms with Crippen molar-refractivity contribution in [3.05, 3.63) is 57.6 Å². The Morgan fingerprint density at radius 1 is 1.04 bits per heavy atom. The van der Waals surface area contributed by atoms with Crippen LogP contribution < -0.4 is 14.8 Å². The van der Waals surface area contributed by atoms with E-state index in [4.69, 9.17) is 9.47 Å². The lowest BCUT2D eigenvalue weighted by atomic mass is 10.1. The van der Waals surface area contributed by atoms with Crippen molar-refractivity contribution in [1.82, 2.24) is 4.90 Å². The number of ether oxygens (including phenoxy) is 2. The summed E-state index contributed by atoms with van der Waals surface area (Å²) >= 11 is 0. The molecule has 2 aromatic rings. The van der Waals surface area contributed by atoms with Crippen molar-refractivity contribution in [3.63, 3.8) is 0 Å². The average Bonchev–Trinajstić information content (AvgIpc) is 2.91. The maximum Gasteiger partial charge on any atom is 0.270 e. The molecule has 1 heterocycles. The number of hydrogen-bond donors (Lipinski definition) is 1. The molecule has 0 saturated heterocycles. The number of rotatable bonds is 6. The summed E-state index contributed by atoms with van der Waals surface area (Å²) in [6, 6.07) is 8.08. The average molecular weight is 385 g/mol. The first-order valence-electron chi connectivity index (χ1n) is 8.01. The van der Waals surface area contributed by atoms with E-state index < -0.39 is 29.2 Å². The number of benzene rings is 2. The number of nitro groups is 1. The van der Waals surface area contributed by atoms with Crippen LogP contribution in [0.25, 0.3) is 0 Å². The van der Waals surface area contributed by atoms with Crippen molar-refractivity contribution in [1.29, 1.82) is 0 Å². The molecule has 1 aliphatic heterocycles. The fraction of sp³-hybridized carbons (Fsp3) is 0.167. The first-order valence-corrected chi connectivity index (χ1v) is 8.01. The van der Waals surface area contributed by atoms with Gasteiger partial charge in [-0.3, -0.25) is 29.4 Å². The van der Waals surface area contributed by atoms with Crippen molar-refractivity contribution in [2.24, 2.45) is 0 Å². The molecule has 0 fully saturated rings. The number of carbonyl (C=O) groups excluding carboxylic acids is 3. The van der Waals surface area contributed by atoms with E-state index in [1.165, 1.54) is 20.3 Å². The molecule has 1 N–H and O–H groups in total. The first-order chi connectivity index (χ1) is 13.3. The molecule has 28 heavy (non-hydrogen) atoms. The third kappa shape index (κ3) is 3.47. The summed E-state index contributed by atoms with van der Waals surface area (Å²) in [4.78, 5) is 48.1. The second kappa shape index (κ2) is 7.35. The van der Waals surface area contributed by atoms with Gasteiger partial charge in [-0.05, 0) is 6.07 Å². The van der Waals surface area contributed by atoms with Crippen LogP contribution in [0.5, 0.6) is 11.5 Å². The third-order valence-corrected chi connectivity index (χ3v) is 4.10. The summed E-state index contributed by atoms with van der Waals surface area (Å²) in [6.07, 6.45) is 0. The zero-order chi connectivity index (χ0) is 20.4. The number of fused-ring (bicyclic) bond motifs is 1. The predicted molar refractivity (Wildman–Crippen MR) is 96.6 cm³/mol. The molecule has 0 saturated carbocycles. The van der Waals surface area contributed by atoms with E-state index in [9.17, 15) is 24.5 Å². The molecule has 0 atom stereocenters. The number of carbonyl (C=O) groups is 3. The molecule has 10 nitrogen and oxygen atoms in total. The van der Waals surface area contributed by atoms with Gasteiger partial charge < -0.3 is 14.8 Å². The zero-order valence-electron chi connectivity index (χ0n) is 14.9. The fourth-order valence-electron chi connectivity index (χ4n) is 2.76. The first kappa shape index (κ1) is 18.8. The Kier molecular flexibility index (Phi) is 4.94. The Labute approximate surface area is 158 Å². The van der Waals surface area contributed by atoms with Gasteiger partial charge in [0.25, 0.3) is 17.5 Å². The molecule has 144 valence electrons. The highest BCUT2D eigenvalue weighted by atomic mass is 16.6. The number of nitro benzene ring substituents is 1. The highest BCUT2D eigenvalue weighted by molar-refractivity contribution is 6.23. The van der Waals surface area contributed by atoms with Crippen LogP contribution >= 0.6 is 0 Å². The smallest absolute Gasteiger partial charge is 0.270 e. The Balaban J connectivity index is 1.77. The van der Waals surface area contributed by atoms with E-state index in [2.05, 4.69) is 5.32 Å². The molecule has 2 aromatic carbocycles. The van der Waals surface area contributed by atoms with Crippen LogP contribution in [0.15, 0.2) is 36.4 Å². The summed E-state index contributed by atoms with van der Waals surface area (Å²) in [5, 5.41) is 13.4. The molecule has 0 spiro atoms. The molecule has 10 heteroatoms. The minimum atomic E-state index is -0.762. The van der Waals surface area contributed by atoms with Crippen LogP contribution in [-0.4, -0.2) is 48.3 Å². The second-order valence-electron chi connectivity index (χ2n) is 5.83. The van der Waals surface area contributed by atoms with Crippen molar-refractivity contribution in [2.45, 2.75) is 0 Å². The molecule has 1 aliphatic rings. The van der Waals surface area contributed by atoms with Crippen LogP contribution in [0.3, 0.4) is 0 Å². The van der Waals surface area contributed by atoms with E-state index >= 15 is 0 Å². The molecule has 0 radical (unpaired) electrons. The fourth-order valence-corrected chi connectivity index (χ4v) is 2.76. The number of amides is 3. The van der Waals surface area contributed by atoms with Gasteiger partial charge in [0.2, 0.25) is 5.91 Å². The minimum Gasteiger partial charge on any atom is -0.497 e. The normalized spacial score (nSPS) is 12.6. The van der Waals surface area contributed by atoms with Crippen molar-refractivity contribution in [2.75, 3.05) is 26.1 Å². The van der Waals surface area contributed by atoms with Crippen LogP contribution in [0.2, 0.25) is 0 Å². The Morgan fingerprint density at radius 3 is 2.21 bits per heavy atom. The maximum atomic E-state index is 12.4. The SMILES string of the molecule is COc1cc(NC(=O)CN2C(=O)c3ccc([N+](=O)[O-])cc3C2=O)cc(OC)c1. The zero-order valence-corrected chi connectivity index (χ0v) is 14.9.